The quantitative estimate of drug-likeness (QED) is 0.723. The third kappa shape index (κ3) is 7.67. The van der Waals surface area contributed by atoms with Crippen molar-refractivity contribution in [1.29, 1.82) is 0 Å². The zero-order valence-electron chi connectivity index (χ0n) is 14.4. The SMILES string of the molecule is COCC(NCC(NC(=O)OC(C)(C)C)C(C)C)C1CC1. The van der Waals surface area contributed by atoms with Crippen molar-refractivity contribution < 1.29 is 14.3 Å². The molecule has 1 saturated carbocycles. The molecule has 0 bridgehead atoms. The van der Waals surface area contributed by atoms with Crippen LogP contribution in [0.1, 0.15) is 47.5 Å². The average molecular weight is 300 g/mol. The summed E-state index contributed by atoms with van der Waals surface area (Å²) in [5.74, 6) is 1.06. The lowest BCUT2D eigenvalue weighted by atomic mass is 10.0. The normalized spacial score (nSPS) is 18.4. The van der Waals surface area contributed by atoms with E-state index in [0.717, 1.165) is 19.1 Å². The van der Waals surface area contributed by atoms with Crippen LogP contribution in [-0.2, 0) is 9.47 Å². The monoisotopic (exact) mass is 300 g/mol. The predicted molar refractivity (Wildman–Crippen MR) is 84.4 cm³/mol. The molecule has 21 heavy (non-hydrogen) atoms. The van der Waals surface area contributed by atoms with E-state index >= 15 is 0 Å². The highest BCUT2D eigenvalue weighted by Crippen LogP contribution is 2.32. The van der Waals surface area contributed by atoms with E-state index in [1.165, 1.54) is 12.8 Å². The van der Waals surface area contributed by atoms with Gasteiger partial charge in [0.05, 0.1) is 6.61 Å². The van der Waals surface area contributed by atoms with Gasteiger partial charge in [-0.25, -0.2) is 4.79 Å². The Morgan fingerprint density at radius 2 is 1.90 bits per heavy atom. The number of nitrogens with one attached hydrogen (secondary N) is 2. The van der Waals surface area contributed by atoms with Gasteiger partial charge in [-0.2, -0.15) is 0 Å². The molecule has 0 saturated heterocycles. The number of methoxy groups -OCH3 is 1. The fourth-order valence-corrected chi connectivity index (χ4v) is 2.23. The van der Waals surface area contributed by atoms with E-state index in [2.05, 4.69) is 24.5 Å². The summed E-state index contributed by atoms with van der Waals surface area (Å²) in [5, 5.41) is 6.50. The molecule has 1 rings (SSSR count). The molecule has 5 heteroatoms. The molecule has 2 atom stereocenters. The minimum Gasteiger partial charge on any atom is -0.444 e. The summed E-state index contributed by atoms with van der Waals surface area (Å²) in [7, 11) is 1.73. The third-order valence-corrected chi connectivity index (χ3v) is 3.64. The molecule has 1 aliphatic rings. The Morgan fingerprint density at radius 3 is 2.33 bits per heavy atom. The van der Waals surface area contributed by atoms with Crippen LogP contribution < -0.4 is 10.6 Å². The zero-order valence-corrected chi connectivity index (χ0v) is 14.4. The van der Waals surface area contributed by atoms with Gasteiger partial charge < -0.3 is 20.1 Å². The van der Waals surface area contributed by atoms with Gasteiger partial charge in [0.1, 0.15) is 5.60 Å². The second kappa shape index (κ2) is 7.99. The highest BCUT2D eigenvalue weighted by molar-refractivity contribution is 5.68. The standard InChI is InChI=1S/C16H32N2O3/c1-11(2)13(18-15(19)21-16(3,4)5)9-17-14(10-20-6)12-7-8-12/h11-14,17H,7-10H2,1-6H3,(H,18,19). The van der Waals surface area contributed by atoms with Gasteiger partial charge in [-0.05, 0) is 45.4 Å². The maximum atomic E-state index is 11.9. The van der Waals surface area contributed by atoms with E-state index in [0.29, 0.717) is 12.0 Å². The number of ether oxygens (including phenoxy) is 2. The van der Waals surface area contributed by atoms with Gasteiger partial charge in [0.15, 0.2) is 0 Å². The predicted octanol–water partition coefficient (Wildman–Crippen LogP) is 2.55. The van der Waals surface area contributed by atoms with E-state index in [1.807, 2.05) is 20.8 Å². The van der Waals surface area contributed by atoms with Crippen LogP contribution in [-0.4, -0.2) is 44.0 Å². The van der Waals surface area contributed by atoms with Crippen molar-refractivity contribution >= 4 is 6.09 Å². The molecule has 2 unspecified atom stereocenters. The molecular formula is C16H32N2O3. The molecule has 2 N–H and O–H groups in total. The fraction of sp³-hybridized carbons (Fsp3) is 0.938. The van der Waals surface area contributed by atoms with Crippen molar-refractivity contribution in [3.05, 3.63) is 0 Å². The van der Waals surface area contributed by atoms with E-state index < -0.39 is 5.60 Å². The molecule has 0 radical (unpaired) electrons. The molecule has 0 aromatic rings. The van der Waals surface area contributed by atoms with Crippen molar-refractivity contribution in [3.63, 3.8) is 0 Å². The number of amides is 1. The summed E-state index contributed by atoms with van der Waals surface area (Å²) in [6, 6.07) is 0.439. The first-order chi connectivity index (χ1) is 9.73. The summed E-state index contributed by atoms with van der Waals surface area (Å²) in [4.78, 5) is 11.9. The van der Waals surface area contributed by atoms with Crippen LogP contribution in [0.3, 0.4) is 0 Å². The van der Waals surface area contributed by atoms with Gasteiger partial charge in [-0.15, -0.1) is 0 Å². The van der Waals surface area contributed by atoms with Crippen molar-refractivity contribution in [2.75, 3.05) is 20.3 Å². The van der Waals surface area contributed by atoms with Gasteiger partial charge >= 0.3 is 6.09 Å². The molecule has 1 fully saturated rings. The molecule has 0 heterocycles. The Morgan fingerprint density at radius 1 is 1.29 bits per heavy atom. The first-order valence-corrected chi connectivity index (χ1v) is 7.94. The van der Waals surface area contributed by atoms with Gasteiger partial charge in [0.2, 0.25) is 0 Å². The lowest BCUT2D eigenvalue weighted by molar-refractivity contribution is 0.0487. The summed E-state index contributed by atoms with van der Waals surface area (Å²) in [6.45, 7) is 11.3. The van der Waals surface area contributed by atoms with Gasteiger partial charge in [0, 0.05) is 25.7 Å². The molecule has 1 amide bonds. The number of carbonyl (C=O) groups excluding carboxylic acids is 1. The number of hydrogen-bond donors (Lipinski definition) is 2. The Bertz CT molecular complexity index is 322. The molecule has 124 valence electrons. The van der Waals surface area contributed by atoms with E-state index in [4.69, 9.17) is 9.47 Å². The number of carbonyl (C=O) groups is 1. The third-order valence-electron chi connectivity index (χ3n) is 3.64. The van der Waals surface area contributed by atoms with E-state index in [1.54, 1.807) is 7.11 Å². The smallest absolute Gasteiger partial charge is 0.407 e. The van der Waals surface area contributed by atoms with E-state index in [-0.39, 0.29) is 12.1 Å². The highest BCUT2D eigenvalue weighted by atomic mass is 16.6. The maximum absolute atomic E-state index is 11.9. The lowest BCUT2D eigenvalue weighted by Gasteiger charge is -2.28. The summed E-state index contributed by atoms with van der Waals surface area (Å²) < 4.78 is 10.6. The Kier molecular flexibility index (Phi) is 6.94. The summed E-state index contributed by atoms with van der Waals surface area (Å²) in [6.07, 6.45) is 2.19. The minimum atomic E-state index is -0.467. The Labute approximate surface area is 129 Å². The second-order valence-electron chi connectivity index (χ2n) is 7.30. The molecular weight excluding hydrogens is 268 g/mol. The van der Waals surface area contributed by atoms with Crippen LogP contribution >= 0.6 is 0 Å². The minimum absolute atomic E-state index is 0.0537. The molecule has 5 nitrogen and oxygen atoms in total. The maximum Gasteiger partial charge on any atom is 0.407 e. The number of alkyl carbamates (subject to hydrolysis) is 1. The van der Waals surface area contributed by atoms with Crippen LogP contribution in [0.5, 0.6) is 0 Å². The van der Waals surface area contributed by atoms with Crippen molar-refractivity contribution in [2.45, 2.75) is 65.1 Å². The van der Waals surface area contributed by atoms with Crippen molar-refractivity contribution in [2.24, 2.45) is 11.8 Å². The second-order valence-corrected chi connectivity index (χ2v) is 7.30. The Balaban J connectivity index is 2.43. The van der Waals surface area contributed by atoms with Crippen LogP contribution in [0.15, 0.2) is 0 Å². The molecule has 1 aliphatic carbocycles. The van der Waals surface area contributed by atoms with Gasteiger partial charge in [-0.1, -0.05) is 13.8 Å². The Hall–Kier alpha value is -0.810. The van der Waals surface area contributed by atoms with Gasteiger partial charge in [0.25, 0.3) is 0 Å². The van der Waals surface area contributed by atoms with E-state index in [9.17, 15) is 4.79 Å². The van der Waals surface area contributed by atoms with Crippen molar-refractivity contribution in [1.82, 2.24) is 10.6 Å². The largest absolute Gasteiger partial charge is 0.444 e. The van der Waals surface area contributed by atoms with Crippen LogP contribution in [0.25, 0.3) is 0 Å². The summed E-state index contributed by atoms with van der Waals surface area (Å²) >= 11 is 0. The average Bonchev–Trinajstić information content (AvgIpc) is 3.14. The van der Waals surface area contributed by atoms with Gasteiger partial charge in [-0.3, -0.25) is 0 Å². The highest BCUT2D eigenvalue weighted by Gasteiger charge is 2.31. The molecule has 0 aromatic carbocycles. The zero-order chi connectivity index (χ0) is 16.0. The fourth-order valence-electron chi connectivity index (χ4n) is 2.23. The van der Waals surface area contributed by atoms with Crippen molar-refractivity contribution in [3.8, 4) is 0 Å². The number of hydrogen-bond acceptors (Lipinski definition) is 4. The number of rotatable bonds is 8. The van der Waals surface area contributed by atoms with Crippen LogP contribution in [0.2, 0.25) is 0 Å². The topological polar surface area (TPSA) is 59.6 Å². The summed E-state index contributed by atoms with van der Waals surface area (Å²) in [5.41, 5.74) is -0.467. The lowest BCUT2D eigenvalue weighted by Crippen LogP contribution is -2.50. The first-order valence-electron chi connectivity index (χ1n) is 7.94. The van der Waals surface area contributed by atoms with Crippen LogP contribution in [0, 0.1) is 11.8 Å². The van der Waals surface area contributed by atoms with Crippen LogP contribution in [0.4, 0.5) is 4.79 Å². The molecule has 0 aromatic heterocycles. The molecule has 0 spiro atoms. The first kappa shape index (κ1) is 18.2. The molecule has 0 aliphatic heterocycles.